The van der Waals surface area contributed by atoms with E-state index in [2.05, 4.69) is 20.1 Å². The van der Waals surface area contributed by atoms with Gasteiger partial charge in [-0.3, -0.25) is 4.79 Å². The van der Waals surface area contributed by atoms with Crippen LogP contribution in [0.25, 0.3) is 11.0 Å². The number of pyridine rings is 2. The van der Waals surface area contributed by atoms with Gasteiger partial charge in [-0.2, -0.15) is 5.10 Å². The molecule has 1 saturated heterocycles. The van der Waals surface area contributed by atoms with Gasteiger partial charge >= 0.3 is 0 Å². The molecule has 3 aromatic rings. The van der Waals surface area contributed by atoms with Crippen molar-refractivity contribution in [2.24, 2.45) is 0 Å². The van der Waals surface area contributed by atoms with Gasteiger partial charge < -0.3 is 4.90 Å². The van der Waals surface area contributed by atoms with Crippen LogP contribution in [-0.4, -0.2) is 48.6 Å². The number of rotatable bonds is 3. The molecular weight excluding hydrogens is 340 g/mol. The maximum Gasteiger partial charge on any atom is 0.244 e. The molecule has 25 heavy (non-hydrogen) atoms. The Morgan fingerprint density at radius 1 is 1.28 bits per heavy atom. The van der Waals surface area contributed by atoms with E-state index in [4.69, 9.17) is 11.6 Å². The van der Waals surface area contributed by atoms with Crippen LogP contribution in [-0.2, 0) is 11.3 Å². The number of aromatic nitrogens is 5. The average molecular weight is 357 g/mol. The van der Waals surface area contributed by atoms with Crippen molar-refractivity contribution in [3.63, 3.8) is 0 Å². The fourth-order valence-corrected chi connectivity index (χ4v) is 3.37. The predicted molar refractivity (Wildman–Crippen MR) is 93.1 cm³/mol. The summed E-state index contributed by atoms with van der Waals surface area (Å²) in [5.41, 5.74) is 1.75. The minimum Gasteiger partial charge on any atom is -0.341 e. The lowest BCUT2D eigenvalue weighted by atomic mass is 9.93. The molecule has 0 radical (unpaired) electrons. The molecule has 0 atom stereocenters. The number of carbonyl (C=O) groups excluding carboxylic acids is 1. The van der Waals surface area contributed by atoms with Crippen LogP contribution in [0.5, 0.6) is 0 Å². The first-order chi connectivity index (χ1) is 12.2. The summed E-state index contributed by atoms with van der Waals surface area (Å²) in [5.74, 6) is 0.420. The van der Waals surface area contributed by atoms with Crippen LogP contribution < -0.4 is 0 Å². The first-order valence-electron chi connectivity index (χ1n) is 8.21. The van der Waals surface area contributed by atoms with Gasteiger partial charge in [-0.25, -0.2) is 19.6 Å². The summed E-state index contributed by atoms with van der Waals surface area (Å²) in [6, 6.07) is 5.92. The second kappa shape index (κ2) is 6.76. The molecular formula is C17H17ClN6O. The number of piperidine rings is 1. The van der Waals surface area contributed by atoms with Gasteiger partial charge in [0.15, 0.2) is 5.65 Å². The van der Waals surface area contributed by atoms with E-state index in [1.165, 1.54) is 6.33 Å². The minimum absolute atomic E-state index is 0.0757. The summed E-state index contributed by atoms with van der Waals surface area (Å²) in [6.45, 7) is 1.70. The quantitative estimate of drug-likeness (QED) is 0.719. The molecule has 0 unspecified atom stereocenters. The van der Waals surface area contributed by atoms with E-state index >= 15 is 0 Å². The first-order valence-corrected chi connectivity index (χ1v) is 8.59. The second-order valence-corrected chi connectivity index (χ2v) is 6.62. The molecule has 1 aliphatic rings. The number of amides is 1. The molecule has 1 aliphatic heterocycles. The zero-order valence-electron chi connectivity index (χ0n) is 13.5. The second-order valence-electron chi connectivity index (χ2n) is 6.18. The molecule has 0 N–H and O–H groups in total. The highest BCUT2D eigenvalue weighted by Crippen LogP contribution is 2.28. The molecule has 7 nitrogen and oxygen atoms in total. The standard InChI is InChI=1S/C17H17ClN6O/c18-14-7-13-1-2-15(22-17(13)20-8-14)12-3-5-23(6-4-12)16(25)9-24-11-19-10-21-24/h1-2,7-8,10-12H,3-6,9H2. The Balaban J connectivity index is 1.41. The summed E-state index contributed by atoms with van der Waals surface area (Å²) >= 11 is 5.97. The molecule has 0 aliphatic carbocycles. The molecule has 0 bridgehead atoms. The average Bonchev–Trinajstić information content (AvgIpc) is 3.14. The van der Waals surface area contributed by atoms with E-state index in [-0.39, 0.29) is 12.5 Å². The lowest BCUT2D eigenvalue weighted by Crippen LogP contribution is -2.40. The molecule has 0 spiro atoms. The van der Waals surface area contributed by atoms with E-state index in [1.54, 1.807) is 17.2 Å². The molecule has 128 valence electrons. The smallest absolute Gasteiger partial charge is 0.244 e. The highest BCUT2D eigenvalue weighted by molar-refractivity contribution is 6.31. The van der Waals surface area contributed by atoms with Crippen molar-refractivity contribution in [2.75, 3.05) is 13.1 Å². The van der Waals surface area contributed by atoms with E-state index in [0.717, 1.165) is 37.0 Å². The molecule has 1 fully saturated rings. The van der Waals surface area contributed by atoms with Crippen LogP contribution in [0.4, 0.5) is 0 Å². The number of likely N-dealkylation sites (tertiary alicyclic amines) is 1. The maximum atomic E-state index is 12.3. The van der Waals surface area contributed by atoms with Crippen molar-refractivity contribution < 1.29 is 4.79 Å². The van der Waals surface area contributed by atoms with E-state index in [0.29, 0.717) is 16.6 Å². The zero-order chi connectivity index (χ0) is 17.2. The van der Waals surface area contributed by atoms with Crippen LogP contribution in [0.3, 0.4) is 0 Å². The zero-order valence-corrected chi connectivity index (χ0v) is 14.3. The van der Waals surface area contributed by atoms with Gasteiger partial charge in [-0.15, -0.1) is 0 Å². The number of halogens is 1. The summed E-state index contributed by atoms with van der Waals surface area (Å²) in [6.07, 6.45) is 6.41. The Kier molecular flexibility index (Phi) is 4.31. The Bertz CT molecular complexity index is 889. The third kappa shape index (κ3) is 3.46. The molecule has 0 saturated carbocycles. The molecule has 0 aromatic carbocycles. The summed E-state index contributed by atoms with van der Waals surface area (Å²) in [5, 5.41) is 5.53. The monoisotopic (exact) mass is 356 g/mol. The Labute approximate surface area is 149 Å². The normalized spacial score (nSPS) is 15.6. The molecule has 4 heterocycles. The van der Waals surface area contributed by atoms with Crippen LogP contribution in [0.2, 0.25) is 5.02 Å². The highest BCUT2D eigenvalue weighted by Gasteiger charge is 2.25. The van der Waals surface area contributed by atoms with E-state index in [1.807, 2.05) is 23.1 Å². The molecule has 4 rings (SSSR count). The van der Waals surface area contributed by atoms with Gasteiger partial charge in [-0.1, -0.05) is 11.6 Å². The third-order valence-corrected chi connectivity index (χ3v) is 4.77. The summed E-state index contributed by atoms with van der Waals surface area (Å²) in [4.78, 5) is 27.0. The SMILES string of the molecule is O=C(Cn1cncn1)N1CCC(c2ccc3cc(Cl)cnc3n2)CC1. The predicted octanol–water partition coefficient (Wildman–Crippen LogP) is 2.28. The Morgan fingerprint density at radius 3 is 2.88 bits per heavy atom. The maximum absolute atomic E-state index is 12.3. The highest BCUT2D eigenvalue weighted by atomic mass is 35.5. The van der Waals surface area contributed by atoms with Crippen molar-refractivity contribution in [3.8, 4) is 0 Å². The Morgan fingerprint density at radius 2 is 2.12 bits per heavy atom. The molecule has 8 heteroatoms. The lowest BCUT2D eigenvalue weighted by molar-refractivity contribution is -0.133. The largest absolute Gasteiger partial charge is 0.341 e. The van der Waals surface area contributed by atoms with Crippen molar-refractivity contribution in [2.45, 2.75) is 25.3 Å². The van der Waals surface area contributed by atoms with Gasteiger partial charge in [0.25, 0.3) is 0 Å². The van der Waals surface area contributed by atoms with Gasteiger partial charge in [0.1, 0.15) is 19.2 Å². The van der Waals surface area contributed by atoms with Crippen molar-refractivity contribution in [1.82, 2.24) is 29.6 Å². The van der Waals surface area contributed by atoms with Gasteiger partial charge in [0.05, 0.1) is 5.02 Å². The Hall–Kier alpha value is -2.54. The molecule has 3 aromatic heterocycles. The van der Waals surface area contributed by atoms with Crippen LogP contribution in [0.15, 0.2) is 37.1 Å². The fraction of sp³-hybridized carbons (Fsp3) is 0.353. The van der Waals surface area contributed by atoms with Gasteiger partial charge in [0, 0.05) is 36.3 Å². The number of hydrogen-bond acceptors (Lipinski definition) is 5. The fourth-order valence-electron chi connectivity index (χ4n) is 3.20. The van der Waals surface area contributed by atoms with Gasteiger partial charge in [-0.05, 0) is 31.0 Å². The van der Waals surface area contributed by atoms with Crippen molar-refractivity contribution >= 4 is 28.5 Å². The summed E-state index contributed by atoms with van der Waals surface area (Å²) in [7, 11) is 0. The van der Waals surface area contributed by atoms with Crippen molar-refractivity contribution in [1.29, 1.82) is 0 Å². The van der Waals surface area contributed by atoms with E-state index in [9.17, 15) is 4.79 Å². The minimum atomic E-state index is 0.0757. The first kappa shape index (κ1) is 16.0. The number of carbonyl (C=O) groups is 1. The lowest BCUT2D eigenvalue weighted by Gasteiger charge is -2.31. The topological polar surface area (TPSA) is 76.8 Å². The number of fused-ring (bicyclic) bond motifs is 1. The van der Waals surface area contributed by atoms with Crippen LogP contribution in [0, 0.1) is 0 Å². The molecule has 1 amide bonds. The summed E-state index contributed by atoms with van der Waals surface area (Å²) < 4.78 is 1.55. The van der Waals surface area contributed by atoms with Gasteiger partial charge in [0.2, 0.25) is 5.91 Å². The van der Waals surface area contributed by atoms with Crippen LogP contribution in [0.1, 0.15) is 24.5 Å². The van der Waals surface area contributed by atoms with Crippen molar-refractivity contribution in [3.05, 3.63) is 47.8 Å². The third-order valence-electron chi connectivity index (χ3n) is 4.56. The van der Waals surface area contributed by atoms with Crippen LogP contribution >= 0.6 is 11.6 Å². The number of hydrogen-bond donors (Lipinski definition) is 0. The number of nitrogens with zero attached hydrogens (tertiary/aromatic N) is 6. The van der Waals surface area contributed by atoms with E-state index < -0.39 is 0 Å².